The van der Waals surface area contributed by atoms with Gasteiger partial charge in [-0.3, -0.25) is 4.18 Å². The second-order valence-electron chi connectivity index (χ2n) is 2.45. The van der Waals surface area contributed by atoms with Gasteiger partial charge in [0.05, 0.1) is 18.1 Å². The fourth-order valence-corrected chi connectivity index (χ4v) is 1.84. The summed E-state index contributed by atoms with van der Waals surface area (Å²) >= 11 is 5.59. The molecule has 0 aliphatic carbocycles. The van der Waals surface area contributed by atoms with E-state index in [0.717, 1.165) is 0 Å². The number of benzene rings is 1. The van der Waals surface area contributed by atoms with E-state index in [1.807, 2.05) is 0 Å². The molecule has 0 saturated carbocycles. The molecule has 0 aliphatic rings. The molecule has 1 aromatic rings. The third kappa shape index (κ3) is 2.95. The van der Waals surface area contributed by atoms with Crippen molar-refractivity contribution in [2.24, 2.45) is 0 Å². The van der Waals surface area contributed by atoms with E-state index >= 15 is 0 Å². The molecule has 1 aromatic carbocycles. The van der Waals surface area contributed by atoms with Crippen molar-refractivity contribution in [2.75, 3.05) is 13.2 Å². The van der Waals surface area contributed by atoms with Crippen LogP contribution in [0.1, 0.15) is 0 Å². The first-order chi connectivity index (χ1) is 6.56. The summed E-state index contributed by atoms with van der Waals surface area (Å²) < 4.78 is 27.1. The predicted octanol–water partition coefficient (Wildman–Crippen LogP) is 1.04. The maximum Gasteiger partial charge on any atom is 0.297 e. The van der Waals surface area contributed by atoms with Crippen LogP contribution >= 0.6 is 11.6 Å². The Labute approximate surface area is 87.2 Å². The van der Waals surface area contributed by atoms with Gasteiger partial charge >= 0.3 is 0 Å². The largest absolute Gasteiger partial charge is 0.394 e. The van der Waals surface area contributed by atoms with Gasteiger partial charge < -0.3 is 5.11 Å². The standard InChI is InChI=1S/C8H9ClO4S/c9-7-1-3-8(4-2-7)14(11,12)13-6-5-10/h1-4,10H,5-6H2. The summed E-state index contributed by atoms with van der Waals surface area (Å²) in [6.07, 6.45) is 0. The molecule has 6 heteroatoms. The highest BCUT2D eigenvalue weighted by Gasteiger charge is 2.13. The molecule has 14 heavy (non-hydrogen) atoms. The second-order valence-corrected chi connectivity index (χ2v) is 4.51. The Hall–Kier alpha value is -0.620. The van der Waals surface area contributed by atoms with Crippen molar-refractivity contribution in [3.63, 3.8) is 0 Å². The number of rotatable bonds is 4. The third-order valence-corrected chi connectivity index (χ3v) is 3.01. The number of aliphatic hydroxyl groups is 1. The first-order valence-corrected chi connectivity index (χ1v) is 5.61. The van der Waals surface area contributed by atoms with Crippen LogP contribution in [0.3, 0.4) is 0 Å². The number of halogens is 1. The fraction of sp³-hybridized carbons (Fsp3) is 0.250. The zero-order valence-electron chi connectivity index (χ0n) is 7.18. The molecule has 0 aliphatic heterocycles. The Balaban J connectivity index is 2.87. The van der Waals surface area contributed by atoms with Crippen molar-refractivity contribution >= 4 is 21.7 Å². The lowest BCUT2D eigenvalue weighted by atomic mass is 10.4. The van der Waals surface area contributed by atoms with E-state index in [1.54, 1.807) is 0 Å². The smallest absolute Gasteiger partial charge is 0.297 e. The van der Waals surface area contributed by atoms with Crippen LogP contribution in [0, 0.1) is 0 Å². The molecule has 0 spiro atoms. The zero-order chi connectivity index (χ0) is 10.6. The van der Waals surface area contributed by atoms with Gasteiger partial charge in [-0.1, -0.05) is 11.6 Å². The molecular formula is C8H9ClO4S. The van der Waals surface area contributed by atoms with Crippen LogP contribution in [0.2, 0.25) is 5.02 Å². The lowest BCUT2D eigenvalue weighted by Crippen LogP contribution is -2.09. The van der Waals surface area contributed by atoms with E-state index in [0.29, 0.717) is 5.02 Å². The van der Waals surface area contributed by atoms with E-state index in [4.69, 9.17) is 16.7 Å². The second kappa shape index (κ2) is 4.75. The van der Waals surface area contributed by atoms with Crippen LogP contribution in [0.25, 0.3) is 0 Å². The molecule has 0 unspecified atom stereocenters. The average molecular weight is 237 g/mol. The van der Waals surface area contributed by atoms with Gasteiger partial charge in [0.2, 0.25) is 0 Å². The lowest BCUT2D eigenvalue weighted by molar-refractivity contribution is 0.205. The van der Waals surface area contributed by atoms with E-state index < -0.39 is 10.1 Å². The fourth-order valence-electron chi connectivity index (χ4n) is 0.816. The first-order valence-electron chi connectivity index (χ1n) is 3.82. The minimum atomic E-state index is -3.76. The normalized spacial score (nSPS) is 11.6. The van der Waals surface area contributed by atoms with E-state index in [-0.39, 0.29) is 18.1 Å². The van der Waals surface area contributed by atoms with Gasteiger partial charge in [0.1, 0.15) is 0 Å². The highest BCUT2D eigenvalue weighted by molar-refractivity contribution is 7.86. The maximum atomic E-state index is 11.3. The van der Waals surface area contributed by atoms with Gasteiger partial charge in [0.15, 0.2) is 0 Å². The molecule has 0 amide bonds. The summed E-state index contributed by atoms with van der Waals surface area (Å²) in [5.74, 6) is 0. The van der Waals surface area contributed by atoms with E-state index in [1.165, 1.54) is 24.3 Å². The number of hydrogen-bond donors (Lipinski definition) is 1. The number of aliphatic hydroxyl groups excluding tert-OH is 1. The molecule has 0 atom stereocenters. The van der Waals surface area contributed by atoms with E-state index in [9.17, 15) is 8.42 Å². The van der Waals surface area contributed by atoms with Crippen LogP contribution in [-0.4, -0.2) is 26.7 Å². The average Bonchev–Trinajstić information content (AvgIpc) is 2.16. The van der Waals surface area contributed by atoms with Gasteiger partial charge in [-0.15, -0.1) is 0 Å². The molecule has 1 rings (SSSR count). The molecule has 1 N–H and O–H groups in total. The van der Waals surface area contributed by atoms with Crippen molar-refractivity contribution in [1.29, 1.82) is 0 Å². The highest BCUT2D eigenvalue weighted by Crippen LogP contribution is 2.15. The Kier molecular flexibility index (Phi) is 3.88. The van der Waals surface area contributed by atoms with Crippen LogP contribution in [0.15, 0.2) is 29.2 Å². The van der Waals surface area contributed by atoms with Crippen LogP contribution in [0.5, 0.6) is 0 Å². The summed E-state index contributed by atoms with van der Waals surface area (Å²) in [6.45, 7) is -0.586. The summed E-state index contributed by atoms with van der Waals surface area (Å²) in [6, 6.07) is 5.59. The Morgan fingerprint density at radius 3 is 2.36 bits per heavy atom. The van der Waals surface area contributed by atoms with Crippen molar-refractivity contribution in [2.45, 2.75) is 4.90 Å². The molecule has 78 valence electrons. The Morgan fingerprint density at radius 2 is 1.86 bits per heavy atom. The monoisotopic (exact) mass is 236 g/mol. The molecule has 4 nitrogen and oxygen atoms in total. The highest BCUT2D eigenvalue weighted by atomic mass is 35.5. The van der Waals surface area contributed by atoms with Crippen LogP contribution in [0.4, 0.5) is 0 Å². The number of hydrogen-bond acceptors (Lipinski definition) is 4. The molecule has 0 aromatic heterocycles. The van der Waals surface area contributed by atoms with Gasteiger partial charge in [-0.05, 0) is 24.3 Å². The van der Waals surface area contributed by atoms with Crippen molar-refractivity contribution in [3.05, 3.63) is 29.3 Å². The summed E-state index contributed by atoms with van der Waals surface area (Å²) in [7, 11) is -3.76. The van der Waals surface area contributed by atoms with Crippen LogP contribution in [-0.2, 0) is 14.3 Å². The zero-order valence-corrected chi connectivity index (χ0v) is 8.75. The SMILES string of the molecule is O=S(=O)(OCCO)c1ccc(Cl)cc1. The summed E-state index contributed by atoms with van der Waals surface area (Å²) in [5, 5.41) is 8.86. The topological polar surface area (TPSA) is 63.6 Å². The molecular weight excluding hydrogens is 228 g/mol. The Bertz CT molecular complexity index is 384. The quantitative estimate of drug-likeness (QED) is 0.794. The first kappa shape index (κ1) is 11.5. The molecule has 0 fully saturated rings. The van der Waals surface area contributed by atoms with Gasteiger partial charge in [0.25, 0.3) is 10.1 Å². The maximum absolute atomic E-state index is 11.3. The molecule has 0 bridgehead atoms. The Morgan fingerprint density at radius 1 is 1.29 bits per heavy atom. The summed E-state index contributed by atoms with van der Waals surface area (Å²) in [5.41, 5.74) is 0. The minimum absolute atomic E-state index is 0.0235. The minimum Gasteiger partial charge on any atom is -0.394 e. The van der Waals surface area contributed by atoms with Gasteiger partial charge in [0, 0.05) is 5.02 Å². The van der Waals surface area contributed by atoms with Crippen molar-refractivity contribution < 1.29 is 17.7 Å². The summed E-state index contributed by atoms with van der Waals surface area (Å²) in [4.78, 5) is 0.0235. The predicted molar refractivity (Wildman–Crippen MR) is 51.7 cm³/mol. The third-order valence-electron chi connectivity index (χ3n) is 1.43. The van der Waals surface area contributed by atoms with Gasteiger partial charge in [-0.25, -0.2) is 0 Å². The van der Waals surface area contributed by atoms with Crippen LogP contribution < -0.4 is 0 Å². The molecule has 0 heterocycles. The van der Waals surface area contributed by atoms with Crippen molar-refractivity contribution in [3.8, 4) is 0 Å². The molecule has 0 radical (unpaired) electrons. The molecule has 0 saturated heterocycles. The van der Waals surface area contributed by atoms with Gasteiger partial charge in [-0.2, -0.15) is 8.42 Å². The van der Waals surface area contributed by atoms with Crippen molar-refractivity contribution in [1.82, 2.24) is 0 Å². The van der Waals surface area contributed by atoms with E-state index in [2.05, 4.69) is 4.18 Å². The lowest BCUT2D eigenvalue weighted by Gasteiger charge is -2.03.